The van der Waals surface area contributed by atoms with Crippen molar-refractivity contribution in [1.82, 2.24) is 4.90 Å². The number of ether oxygens (including phenoxy) is 3. The number of halogens is 1. The summed E-state index contributed by atoms with van der Waals surface area (Å²) in [4.78, 5) is 27.7. The van der Waals surface area contributed by atoms with Gasteiger partial charge in [-0.15, -0.1) is 0 Å². The highest BCUT2D eigenvalue weighted by Gasteiger charge is 2.46. The number of carbonyl (C=O) groups excluding carboxylic acids is 2. The van der Waals surface area contributed by atoms with Crippen molar-refractivity contribution in [3.63, 3.8) is 0 Å². The highest BCUT2D eigenvalue weighted by molar-refractivity contribution is 6.46. The third kappa shape index (κ3) is 6.16. The molecule has 8 heteroatoms. The first-order chi connectivity index (χ1) is 16.9. The molecule has 1 heterocycles. The number of Topliss-reactive ketones (excluding diaryl/α,β-unsaturated/α-hetero) is 1. The molecular formula is C27H32ClNO6. The maximum Gasteiger partial charge on any atom is 0.295 e. The lowest BCUT2D eigenvalue weighted by molar-refractivity contribution is -0.140. The van der Waals surface area contributed by atoms with Crippen LogP contribution in [0.4, 0.5) is 0 Å². The Morgan fingerprint density at radius 2 is 1.74 bits per heavy atom. The molecule has 1 aliphatic heterocycles. The minimum atomic E-state index is -0.786. The molecule has 0 radical (unpaired) electrons. The van der Waals surface area contributed by atoms with E-state index in [0.717, 1.165) is 12.8 Å². The summed E-state index contributed by atoms with van der Waals surface area (Å²) in [6.45, 7) is 5.66. The van der Waals surface area contributed by atoms with Gasteiger partial charge in [0, 0.05) is 30.8 Å². The number of unbranched alkanes of at least 4 members (excludes halogenated alkanes) is 1. The fourth-order valence-corrected chi connectivity index (χ4v) is 4.13. The number of likely N-dealkylation sites (tertiary alicyclic amines) is 1. The summed E-state index contributed by atoms with van der Waals surface area (Å²) >= 11 is 5.99. The normalized spacial score (nSPS) is 17.1. The number of rotatable bonds is 12. The Labute approximate surface area is 211 Å². The van der Waals surface area contributed by atoms with Crippen molar-refractivity contribution in [3.05, 3.63) is 64.2 Å². The molecule has 1 N–H and O–H groups in total. The van der Waals surface area contributed by atoms with Crippen molar-refractivity contribution in [2.45, 2.75) is 39.2 Å². The van der Waals surface area contributed by atoms with Gasteiger partial charge in [0.25, 0.3) is 11.7 Å². The summed E-state index contributed by atoms with van der Waals surface area (Å²) in [6, 6.07) is 11.1. The Kier molecular flexibility index (Phi) is 9.57. The van der Waals surface area contributed by atoms with Gasteiger partial charge in [0.1, 0.15) is 5.76 Å². The Hall–Kier alpha value is -3.03. The van der Waals surface area contributed by atoms with E-state index in [4.69, 9.17) is 25.8 Å². The van der Waals surface area contributed by atoms with Crippen molar-refractivity contribution >= 4 is 29.1 Å². The number of aliphatic hydroxyl groups is 1. The number of amides is 1. The molecule has 188 valence electrons. The van der Waals surface area contributed by atoms with Gasteiger partial charge >= 0.3 is 0 Å². The molecule has 0 bridgehead atoms. The van der Waals surface area contributed by atoms with Gasteiger partial charge in [-0.1, -0.05) is 31.0 Å². The van der Waals surface area contributed by atoms with Crippen molar-refractivity contribution in [3.8, 4) is 11.5 Å². The number of ketones is 1. The van der Waals surface area contributed by atoms with Gasteiger partial charge in [-0.25, -0.2) is 0 Å². The SMILES string of the molecule is CCCCOc1ccc(C2/C(=C(\O)c3ccc(Cl)cc3)C(=O)C(=O)N2CCCOC)cc1OCC. The Bertz CT molecular complexity index is 1070. The van der Waals surface area contributed by atoms with Crippen LogP contribution in [0.5, 0.6) is 11.5 Å². The summed E-state index contributed by atoms with van der Waals surface area (Å²) in [6.07, 6.45) is 2.45. The number of benzene rings is 2. The van der Waals surface area contributed by atoms with Crippen molar-refractivity contribution < 1.29 is 28.9 Å². The minimum Gasteiger partial charge on any atom is -0.507 e. The van der Waals surface area contributed by atoms with Crippen molar-refractivity contribution in [2.75, 3.05) is 33.5 Å². The van der Waals surface area contributed by atoms with Gasteiger partial charge < -0.3 is 24.2 Å². The highest BCUT2D eigenvalue weighted by Crippen LogP contribution is 2.42. The fourth-order valence-electron chi connectivity index (χ4n) is 4.01. The molecule has 1 unspecified atom stereocenters. The van der Waals surface area contributed by atoms with E-state index in [1.54, 1.807) is 49.6 Å². The van der Waals surface area contributed by atoms with E-state index in [2.05, 4.69) is 6.92 Å². The van der Waals surface area contributed by atoms with Gasteiger partial charge in [-0.2, -0.15) is 0 Å². The van der Waals surface area contributed by atoms with Crippen LogP contribution in [-0.4, -0.2) is 55.2 Å². The molecule has 2 aromatic carbocycles. The average Bonchev–Trinajstić information content (AvgIpc) is 3.10. The molecule has 0 saturated carbocycles. The van der Waals surface area contributed by atoms with Crippen LogP contribution in [0, 0.1) is 0 Å². The maximum absolute atomic E-state index is 13.1. The van der Waals surface area contributed by atoms with Crippen molar-refractivity contribution in [2.24, 2.45) is 0 Å². The monoisotopic (exact) mass is 501 g/mol. The van der Waals surface area contributed by atoms with Gasteiger partial charge in [0.2, 0.25) is 0 Å². The van der Waals surface area contributed by atoms with Crippen LogP contribution in [0.25, 0.3) is 5.76 Å². The van der Waals surface area contributed by atoms with E-state index in [-0.39, 0.29) is 11.3 Å². The molecule has 7 nitrogen and oxygen atoms in total. The second-order valence-electron chi connectivity index (χ2n) is 8.19. The summed E-state index contributed by atoms with van der Waals surface area (Å²) in [5.41, 5.74) is 1.07. The number of carbonyl (C=O) groups is 2. The van der Waals surface area contributed by atoms with E-state index >= 15 is 0 Å². The largest absolute Gasteiger partial charge is 0.507 e. The number of methoxy groups -OCH3 is 1. The predicted molar refractivity (Wildman–Crippen MR) is 135 cm³/mol. The fraction of sp³-hybridized carbons (Fsp3) is 0.407. The second kappa shape index (κ2) is 12.6. The van der Waals surface area contributed by atoms with Gasteiger partial charge in [-0.3, -0.25) is 9.59 Å². The molecule has 1 atom stereocenters. The number of hydrogen-bond acceptors (Lipinski definition) is 6. The van der Waals surface area contributed by atoms with E-state index < -0.39 is 17.7 Å². The Morgan fingerprint density at radius 3 is 2.40 bits per heavy atom. The third-order valence-corrected chi connectivity index (χ3v) is 6.00. The smallest absolute Gasteiger partial charge is 0.295 e. The lowest BCUT2D eigenvalue weighted by Crippen LogP contribution is -2.31. The van der Waals surface area contributed by atoms with Crippen LogP contribution in [0.15, 0.2) is 48.0 Å². The molecule has 35 heavy (non-hydrogen) atoms. The predicted octanol–water partition coefficient (Wildman–Crippen LogP) is 5.38. The van der Waals surface area contributed by atoms with Crippen LogP contribution in [0.3, 0.4) is 0 Å². The number of hydrogen-bond donors (Lipinski definition) is 1. The third-order valence-electron chi connectivity index (χ3n) is 5.74. The molecule has 0 aromatic heterocycles. The zero-order chi connectivity index (χ0) is 25.4. The molecule has 3 rings (SSSR count). The van der Waals surface area contributed by atoms with E-state index in [1.165, 1.54) is 4.90 Å². The van der Waals surface area contributed by atoms with E-state index in [9.17, 15) is 14.7 Å². The molecular weight excluding hydrogens is 470 g/mol. The lowest BCUT2D eigenvalue weighted by Gasteiger charge is -2.26. The van der Waals surface area contributed by atoms with Gasteiger partial charge in [0.15, 0.2) is 11.5 Å². The molecule has 1 saturated heterocycles. The second-order valence-corrected chi connectivity index (χ2v) is 8.62. The average molecular weight is 502 g/mol. The summed E-state index contributed by atoms with van der Waals surface area (Å²) in [5, 5.41) is 11.6. The Balaban J connectivity index is 2.10. The molecule has 0 aliphatic carbocycles. The number of nitrogens with zero attached hydrogens (tertiary/aromatic N) is 1. The molecule has 2 aromatic rings. The van der Waals surface area contributed by atoms with Crippen LogP contribution in [0.2, 0.25) is 5.02 Å². The van der Waals surface area contributed by atoms with Crippen LogP contribution in [-0.2, 0) is 14.3 Å². The molecule has 0 spiro atoms. The summed E-state index contributed by atoms with van der Waals surface area (Å²) < 4.78 is 16.9. The van der Waals surface area contributed by atoms with Crippen LogP contribution >= 0.6 is 11.6 Å². The highest BCUT2D eigenvalue weighted by atomic mass is 35.5. The molecule has 1 fully saturated rings. The van der Waals surface area contributed by atoms with Gasteiger partial charge in [-0.05, 0) is 61.7 Å². The first kappa shape index (κ1) is 26.6. The number of aliphatic hydroxyl groups excluding tert-OH is 1. The van der Waals surface area contributed by atoms with Crippen molar-refractivity contribution in [1.29, 1.82) is 0 Å². The minimum absolute atomic E-state index is 0.0249. The topological polar surface area (TPSA) is 85.3 Å². The van der Waals surface area contributed by atoms with E-state index in [0.29, 0.717) is 60.4 Å². The summed E-state index contributed by atoms with van der Waals surface area (Å²) in [7, 11) is 1.58. The molecule has 1 aliphatic rings. The maximum atomic E-state index is 13.1. The first-order valence-corrected chi connectivity index (χ1v) is 12.2. The van der Waals surface area contributed by atoms with Crippen LogP contribution in [0.1, 0.15) is 50.3 Å². The van der Waals surface area contributed by atoms with Gasteiger partial charge in [0.05, 0.1) is 24.8 Å². The zero-order valence-corrected chi connectivity index (χ0v) is 21.1. The quantitative estimate of drug-likeness (QED) is 0.182. The zero-order valence-electron chi connectivity index (χ0n) is 20.4. The van der Waals surface area contributed by atoms with E-state index in [1.807, 2.05) is 6.92 Å². The molecule has 1 amide bonds. The summed E-state index contributed by atoms with van der Waals surface area (Å²) in [5.74, 6) is -0.530. The lowest BCUT2D eigenvalue weighted by atomic mass is 9.95. The Morgan fingerprint density at radius 1 is 1.00 bits per heavy atom. The van der Waals surface area contributed by atoms with Crippen LogP contribution < -0.4 is 9.47 Å². The first-order valence-electron chi connectivity index (χ1n) is 11.9. The standard InChI is InChI=1S/C27H32ClNO6/c1-4-6-16-35-21-13-10-19(17-22(21)34-5-2)24-23(25(30)18-8-11-20(28)12-9-18)26(31)27(32)29(24)14-7-15-33-3/h8-13,17,24,30H,4-7,14-16H2,1-3H3/b25-23+.